The molecule has 0 saturated carbocycles. The summed E-state index contributed by atoms with van der Waals surface area (Å²) in [5.41, 5.74) is 0. The zero-order chi connectivity index (χ0) is 15.6. The number of nitrogens with zero attached hydrogens (tertiary/aromatic N) is 4. The molecule has 8 heteroatoms. The largest absolute Gasteiger partial charge is 0.338 e. The average molecular weight is 320 g/mol. The van der Waals surface area contributed by atoms with Gasteiger partial charge in [0.05, 0.1) is 22.9 Å². The minimum Gasteiger partial charge on any atom is -0.338 e. The summed E-state index contributed by atoms with van der Waals surface area (Å²) in [6, 6.07) is 8.33. The van der Waals surface area contributed by atoms with Crippen LogP contribution >= 0.6 is 0 Å². The Kier molecular flexibility index (Phi) is 3.93. The van der Waals surface area contributed by atoms with Gasteiger partial charge in [0, 0.05) is 25.7 Å². The molecule has 0 spiro atoms. The summed E-state index contributed by atoms with van der Waals surface area (Å²) in [5, 5.41) is 7.62. The molecular formula is C14H16N4O3S. The van der Waals surface area contributed by atoms with Gasteiger partial charge in [0.1, 0.15) is 0 Å². The highest BCUT2D eigenvalue weighted by molar-refractivity contribution is 7.91. The van der Waals surface area contributed by atoms with E-state index in [1.165, 1.54) is 0 Å². The maximum atomic E-state index is 12.1. The van der Waals surface area contributed by atoms with Gasteiger partial charge in [-0.05, 0) is 12.1 Å². The van der Waals surface area contributed by atoms with E-state index in [2.05, 4.69) is 10.3 Å². The Morgan fingerprint density at radius 1 is 1.23 bits per heavy atom. The monoisotopic (exact) mass is 320 g/mol. The van der Waals surface area contributed by atoms with Crippen LogP contribution in [0.2, 0.25) is 0 Å². The van der Waals surface area contributed by atoms with Crippen LogP contribution in [0.4, 0.5) is 0 Å². The first-order valence-electron chi connectivity index (χ1n) is 6.97. The highest BCUT2D eigenvalue weighted by atomic mass is 32.2. The van der Waals surface area contributed by atoms with Crippen LogP contribution in [0.25, 0.3) is 0 Å². The molecule has 2 heterocycles. The Hall–Kier alpha value is -2.22. The second-order valence-electron chi connectivity index (χ2n) is 5.22. The van der Waals surface area contributed by atoms with Crippen LogP contribution in [-0.2, 0) is 14.6 Å². The molecule has 0 unspecified atom stereocenters. The van der Waals surface area contributed by atoms with Gasteiger partial charge in [0.25, 0.3) is 0 Å². The van der Waals surface area contributed by atoms with E-state index in [0.717, 1.165) is 0 Å². The molecule has 116 valence electrons. The lowest BCUT2D eigenvalue weighted by atomic mass is 10.1. The molecule has 1 aromatic carbocycles. The van der Waals surface area contributed by atoms with E-state index in [1.54, 1.807) is 52.3 Å². The number of hydrogen-bond donors (Lipinski definition) is 0. The molecule has 1 saturated heterocycles. The van der Waals surface area contributed by atoms with Crippen molar-refractivity contribution >= 4 is 15.7 Å². The van der Waals surface area contributed by atoms with Crippen molar-refractivity contribution < 1.29 is 13.2 Å². The van der Waals surface area contributed by atoms with E-state index in [-0.39, 0.29) is 29.0 Å². The number of benzene rings is 1. The highest BCUT2D eigenvalue weighted by Gasteiger charge is 2.32. The first kappa shape index (κ1) is 14.7. The number of carbonyl (C=O) groups excluding carboxylic acids is 1. The number of sulfone groups is 1. The van der Waals surface area contributed by atoms with Crippen molar-refractivity contribution in [2.75, 3.05) is 18.8 Å². The molecule has 0 atom stereocenters. The van der Waals surface area contributed by atoms with Crippen LogP contribution in [0.3, 0.4) is 0 Å². The summed E-state index contributed by atoms with van der Waals surface area (Å²) in [7, 11) is -3.40. The second-order valence-corrected chi connectivity index (χ2v) is 7.33. The summed E-state index contributed by atoms with van der Waals surface area (Å²) in [5.74, 6) is -0.309. The quantitative estimate of drug-likeness (QED) is 0.802. The summed E-state index contributed by atoms with van der Waals surface area (Å²) >= 11 is 0. The Bertz CT molecular complexity index is 738. The number of amides is 1. The molecule has 1 aliphatic rings. The van der Waals surface area contributed by atoms with Gasteiger partial charge in [-0.3, -0.25) is 4.79 Å². The lowest BCUT2D eigenvalue weighted by Gasteiger charge is -2.38. The average Bonchev–Trinajstić information content (AvgIpc) is 2.99. The van der Waals surface area contributed by atoms with E-state index >= 15 is 0 Å². The van der Waals surface area contributed by atoms with Crippen LogP contribution in [0.15, 0.2) is 47.6 Å². The zero-order valence-electron chi connectivity index (χ0n) is 11.9. The molecule has 2 aromatic rings. The van der Waals surface area contributed by atoms with E-state index in [0.29, 0.717) is 13.1 Å². The van der Waals surface area contributed by atoms with Gasteiger partial charge in [-0.15, -0.1) is 5.10 Å². The van der Waals surface area contributed by atoms with Crippen molar-refractivity contribution in [2.45, 2.75) is 17.4 Å². The maximum absolute atomic E-state index is 12.1. The van der Waals surface area contributed by atoms with Crippen LogP contribution in [0.1, 0.15) is 12.5 Å². The van der Waals surface area contributed by atoms with Gasteiger partial charge < -0.3 is 4.90 Å². The molecule has 0 bridgehead atoms. The van der Waals surface area contributed by atoms with Crippen molar-refractivity contribution in [3.05, 3.63) is 42.7 Å². The number of carbonyl (C=O) groups is 1. The SMILES string of the molecule is O=C(CCS(=O)(=O)c1ccccc1)N1CC(n2ccnn2)C1. The van der Waals surface area contributed by atoms with Crippen molar-refractivity contribution in [2.24, 2.45) is 0 Å². The molecule has 1 amide bonds. The summed E-state index contributed by atoms with van der Waals surface area (Å²) in [6.45, 7) is 1.10. The van der Waals surface area contributed by atoms with Crippen molar-refractivity contribution in [1.82, 2.24) is 19.9 Å². The molecule has 22 heavy (non-hydrogen) atoms. The van der Waals surface area contributed by atoms with Crippen molar-refractivity contribution in [3.8, 4) is 0 Å². The Labute approximate surface area is 128 Å². The van der Waals surface area contributed by atoms with Crippen LogP contribution in [0.5, 0.6) is 0 Å². The summed E-state index contributed by atoms with van der Waals surface area (Å²) in [6.07, 6.45) is 3.35. The predicted molar refractivity (Wildman–Crippen MR) is 78.8 cm³/mol. The van der Waals surface area contributed by atoms with E-state index < -0.39 is 9.84 Å². The normalized spacial score (nSPS) is 15.5. The number of hydrogen-bond acceptors (Lipinski definition) is 5. The molecule has 7 nitrogen and oxygen atoms in total. The topological polar surface area (TPSA) is 85.2 Å². The van der Waals surface area contributed by atoms with Crippen molar-refractivity contribution in [1.29, 1.82) is 0 Å². The molecule has 3 rings (SSSR count). The molecule has 1 fully saturated rings. The van der Waals surface area contributed by atoms with E-state index in [9.17, 15) is 13.2 Å². The van der Waals surface area contributed by atoms with Gasteiger partial charge >= 0.3 is 0 Å². The minimum atomic E-state index is -3.40. The fourth-order valence-electron chi connectivity index (χ4n) is 2.36. The van der Waals surface area contributed by atoms with Gasteiger partial charge in [-0.2, -0.15) is 0 Å². The van der Waals surface area contributed by atoms with Gasteiger partial charge in [0.2, 0.25) is 5.91 Å². The minimum absolute atomic E-state index is 0.00129. The molecular weight excluding hydrogens is 304 g/mol. The number of rotatable bonds is 5. The summed E-state index contributed by atoms with van der Waals surface area (Å²) < 4.78 is 26.0. The smallest absolute Gasteiger partial charge is 0.223 e. The molecule has 0 aliphatic carbocycles. The molecule has 1 aliphatic heterocycles. The number of aromatic nitrogens is 3. The second kappa shape index (κ2) is 5.88. The summed E-state index contributed by atoms with van der Waals surface area (Å²) in [4.78, 5) is 13.9. The zero-order valence-corrected chi connectivity index (χ0v) is 12.7. The number of likely N-dealkylation sites (tertiary alicyclic amines) is 1. The molecule has 0 N–H and O–H groups in total. The van der Waals surface area contributed by atoms with Crippen LogP contribution in [-0.4, -0.2) is 53.1 Å². The first-order chi connectivity index (χ1) is 10.6. The fourth-order valence-corrected chi connectivity index (χ4v) is 3.61. The molecule has 0 radical (unpaired) electrons. The Morgan fingerprint density at radius 2 is 1.95 bits per heavy atom. The highest BCUT2D eigenvalue weighted by Crippen LogP contribution is 2.21. The van der Waals surface area contributed by atoms with Crippen molar-refractivity contribution in [3.63, 3.8) is 0 Å². The van der Waals surface area contributed by atoms with Crippen LogP contribution in [0, 0.1) is 0 Å². The first-order valence-corrected chi connectivity index (χ1v) is 8.63. The standard InChI is InChI=1S/C14H16N4O3S/c19-14(17-10-12(11-17)18-8-7-15-16-18)6-9-22(20,21)13-4-2-1-3-5-13/h1-5,7-8,12H,6,9-11H2. The Balaban J connectivity index is 1.51. The van der Waals surface area contributed by atoms with Gasteiger partial charge in [0.15, 0.2) is 9.84 Å². The third-order valence-corrected chi connectivity index (χ3v) is 5.45. The van der Waals surface area contributed by atoms with E-state index in [4.69, 9.17) is 0 Å². The van der Waals surface area contributed by atoms with Gasteiger partial charge in [-0.25, -0.2) is 13.1 Å². The van der Waals surface area contributed by atoms with E-state index in [1.807, 2.05) is 0 Å². The molecule has 1 aromatic heterocycles. The third kappa shape index (κ3) is 3.01. The van der Waals surface area contributed by atoms with Crippen LogP contribution < -0.4 is 0 Å². The lowest BCUT2D eigenvalue weighted by Crippen LogP contribution is -2.51. The Morgan fingerprint density at radius 3 is 2.59 bits per heavy atom. The maximum Gasteiger partial charge on any atom is 0.223 e. The lowest BCUT2D eigenvalue weighted by molar-refractivity contribution is -0.136. The van der Waals surface area contributed by atoms with Gasteiger partial charge in [-0.1, -0.05) is 23.4 Å². The predicted octanol–water partition coefficient (Wildman–Crippen LogP) is 0.525. The third-order valence-electron chi connectivity index (χ3n) is 3.72. The fraction of sp³-hybridized carbons (Fsp3) is 0.357.